The lowest BCUT2D eigenvalue weighted by Gasteiger charge is -2.31. The zero-order valence-corrected chi connectivity index (χ0v) is 11.5. The Balaban J connectivity index is 1.63. The van der Waals surface area contributed by atoms with Gasteiger partial charge in [-0.25, -0.2) is 9.97 Å². The first kappa shape index (κ1) is 13.0. The van der Waals surface area contributed by atoms with Crippen molar-refractivity contribution in [3.05, 3.63) is 23.8 Å². The number of nitrogens with one attached hydrogen (secondary N) is 1. The molecule has 5 heteroatoms. The van der Waals surface area contributed by atoms with Gasteiger partial charge in [0.25, 0.3) is 0 Å². The largest absolute Gasteiger partial charge is 0.368 e. The summed E-state index contributed by atoms with van der Waals surface area (Å²) in [5.74, 6) is 0.827. The molecule has 1 aliphatic carbocycles. The van der Waals surface area contributed by atoms with E-state index < -0.39 is 0 Å². The monoisotopic (exact) mass is 262 g/mol. The quantitative estimate of drug-likeness (QED) is 0.862. The van der Waals surface area contributed by atoms with Crippen LogP contribution in [0, 0.1) is 0 Å². The van der Waals surface area contributed by atoms with Crippen LogP contribution in [0.4, 0.5) is 0 Å². The van der Waals surface area contributed by atoms with Gasteiger partial charge in [0.1, 0.15) is 6.10 Å². The van der Waals surface area contributed by atoms with Gasteiger partial charge in [-0.15, -0.1) is 0 Å². The van der Waals surface area contributed by atoms with E-state index in [4.69, 9.17) is 4.74 Å². The zero-order valence-electron chi connectivity index (χ0n) is 11.5. The molecule has 1 unspecified atom stereocenters. The molecule has 2 heterocycles. The first-order chi connectivity index (χ1) is 9.35. The molecule has 1 saturated heterocycles. The Labute approximate surface area is 114 Å². The number of aromatic nitrogens is 2. The van der Waals surface area contributed by atoms with Crippen molar-refractivity contribution in [2.45, 2.75) is 38.5 Å². The van der Waals surface area contributed by atoms with E-state index in [0.717, 1.165) is 44.3 Å². The second kappa shape index (κ2) is 5.94. The molecular formula is C14H22N4O. The summed E-state index contributed by atoms with van der Waals surface area (Å²) >= 11 is 0. The summed E-state index contributed by atoms with van der Waals surface area (Å²) in [6.45, 7) is 6.75. The number of rotatable bonds is 5. The van der Waals surface area contributed by atoms with Crippen LogP contribution in [-0.2, 0) is 11.3 Å². The topological polar surface area (TPSA) is 50.3 Å². The average molecular weight is 262 g/mol. The highest BCUT2D eigenvalue weighted by Gasteiger charge is 2.24. The third-order valence-corrected chi connectivity index (χ3v) is 3.77. The predicted octanol–water partition coefficient (Wildman–Crippen LogP) is 1.12. The molecular weight excluding hydrogens is 240 g/mol. The van der Waals surface area contributed by atoms with Crippen molar-refractivity contribution in [2.24, 2.45) is 0 Å². The molecule has 1 N–H and O–H groups in total. The van der Waals surface area contributed by atoms with Crippen molar-refractivity contribution in [2.75, 3.05) is 26.2 Å². The highest BCUT2D eigenvalue weighted by molar-refractivity contribution is 5.05. The Morgan fingerprint density at radius 2 is 2.37 bits per heavy atom. The summed E-state index contributed by atoms with van der Waals surface area (Å²) in [6.07, 6.45) is 4.47. The van der Waals surface area contributed by atoms with Crippen molar-refractivity contribution in [3.8, 4) is 0 Å². The van der Waals surface area contributed by atoms with Gasteiger partial charge in [-0.2, -0.15) is 0 Å². The Hall–Kier alpha value is -1.04. The average Bonchev–Trinajstić information content (AvgIpc) is 3.30. The minimum Gasteiger partial charge on any atom is -0.368 e. The van der Waals surface area contributed by atoms with Gasteiger partial charge >= 0.3 is 0 Å². The summed E-state index contributed by atoms with van der Waals surface area (Å²) in [4.78, 5) is 11.4. The van der Waals surface area contributed by atoms with Gasteiger partial charge in [0, 0.05) is 31.9 Å². The van der Waals surface area contributed by atoms with Gasteiger partial charge < -0.3 is 10.1 Å². The molecule has 1 aromatic heterocycles. The molecule has 2 aliphatic rings. The van der Waals surface area contributed by atoms with Crippen LogP contribution in [-0.4, -0.2) is 47.2 Å². The first-order valence-electron chi connectivity index (χ1n) is 7.24. The third kappa shape index (κ3) is 3.49. The van der Waals surface area contributed by atoms with Gasteiger partial charge in [0.15, 0.2) is 5.82 Å². The van der Waals surface area contributed by atoms with Crippen LogP contribution in [0.2, 0.25) is 0 Å². The fourth-order valence-electron chi connectivity index (χ4n) is 2.35. The summed E-state index contributed by atoms with van der Waals surface area (Å²) in [5.41, 5.74) is 1.06. The number of morpholine rings is 1. The van der Waals surface area contributed by atoms with E-state index in [2.05, 4.69) is 27.1 Å². The Kier molecular flexibility index (Phi) is 4.06. The molecule has 19 heavy (non-hydrogen) atoms. The van der Waals surface area contributed by atoms with Gasteiger partial charge in [0.05, 0.1) is 12.3 Å². The van der Waals surface area contributed by atoms with Crippen molar-refractivity contribution < 1.29 is 4.74 Å². The van der Waals surface area contributed by atoms with Crippen LogP contribution in [0.3, 0.4) is 0 Å². The van der Waals surface area contributed by atoms with Crippen molar-refractivity contribution in [3.63, 3.8) is 0 Å². The number of hydrogen-bond donors (Lipinski definition) is 1. The molecule has 3 rings (SSSR count). The molecule has 0 aromatic carbocycles. The summed E-state index contributed by atoms with van der Waals surface area (Å²) < 4.78 is 5.80. The molecule has 0 spiro atoms. The maximum absolute atomic E-state index is 5.80. The highest BCUT2D eigenvalue weighted by Crippen LogP contribution is 2.20. The van der Waals surface area contributed by atoms with Gasteiger partial charge in [-0.05, 0) is 25.5 Å². The zero-order chi connectivity index (χ0) is 13.1. The van der Waals surface area contributed by atoms with Gasteiger partial charge in [0.2, 0.25) is 0 Å². The lowest BCUT2D eigenvalue weighted by atomic mass is 10.2. The van der Waals surface area contributed by atoms with Crippen LogP contribution in [0.25, 0.3) is 0 Å². The normalized spacial score (nSPS) is 24.6. The second-order valence-electron chi connectivity index (χ2n) is 5.31. The van der Waals surface area contributed by atoms with Crippen LogP contribution >= 0.6 is 0 Å². The van der Waals surface area contributed by atoms with E-state index in [1.807, 2.05) is 12.3 Å². The van der Waals surface area contributed by atoms with Crippen molar-refractivity contribution >= 4 is 0 Å². The van der Waals surface area contributed by atoms with Gasteiger partial charge in [-0.3, -0.25) is 4.90 Å². The number of nitrogens with zero attached hydrogens (tertiary/aromatic N) is 3. The molecule has 1 aliphatic heterocycles. The highest BCUT2D eigenvalue weighted by atomic mass is 16.5. The third-order valence-electron chi connectivity index (χ3n) is 3.77. The summed E-state index contributed by atoms with van der Waals surface area (Å²) in [7, 11) is 0. The lowest BCUT2D eigenvalue weighted by molar-refractivity contribution is -0.0326. The van der Waals surface area contributed by atoms with E-state index in [1.165, 1.54) is 12.8 Å². The first-order valence-corrected chi connectivity index (χ1v) is 7.24. The fraction of sp³-hybridized carbons (Fsp3) is 0.714. The number of ether oxygens (including phenoxy) is 1. The Morgan fingerprint density at radius 3 is 3.16 bits per heavy atom. The van der Waals surface area contributed by atoms with Crippen molar-refractivity contribution in [1.29, 1.82) is 0 Å². The fourth-order valence-corrected chi connectivity index (χ4v) is 2.35. The lowest BCUT2D eigenvalue weighted by Crippen LogP contribution is -2.38. The molecule has 2 fully saturated rings. The molecule has 5 nitrogen and oxygen atoms in total. The van der Waals surface area contributed by atoms with E-state index in [-0.39, 0.29) is 6.10 Å². The maximum atomic E-state index is 5.80. The second-order valence-corrected chi connectivity index (χ2v) is 5.31. The van der Waals surface area contributed by atoms with Crippen LogP contribution in [0.5, 0.6) is 0 Å². The molecule has 0 radical (unpaired) electrons. The predicted molar refractivity (Wildman–Crippen MR) is 72.7 cm³/mol. The standard InChI is InChI=1S/C14H22N4O/c1-2-18-7-8-19-13(10-18)14-15-6-5-12(17-14)9-16-11-3-4-11/h5-6,11,13,16H,2-4,7-10H2,1H3. The molecule has 0 amide bonds. The smallest absolute Gasteiger partial charge is 0.158 e. The van der Waals surface area contributed by atoms with E-state index in [1.54, 1.807) is 0 Å². The van der Waals surface area contributed by atoms with Crippen LogP contribution in [0.1, 0.15) is 37.4 Å². The van der Waals surface area contributed by atoms with E-state index in [0.29, 0.717) is 6.04 Å². The minimum absolute atomic E-state index is 0.0228. The summed E-state index contributed by atoms with van der Waals surface area (Å²) in [5, 5.41) is 3.48. The van der Waals surface area contributed by atoms with E-state index >= 15 is 0 Å². The van der Waals surface area contributed by atoms with Crippen LogP contribution < -0.4 is 5.32 Å². The minimum atomic E-state index is 0.0228. The molecule has 1 saturated carbocycles. The molecule has 1 aromatic rings. The number of likely N-dealkylation sites (N-methyl/N-ethyl adjacent to an activating group) is 1. The van der Waals surface area contributed by atoms with E-state index in [9.17, 15) is 0 Å². The Bertz CT molecular complexity index is 422. The molecule has 1 atom stereocenters. The maximum Gasteiger partial charge on any atom is 0.158 e. The SMILES string of the molecule is CCN1CCOC(c2nccc(CNC3CC3)n2)C1. The Morgan fingerprint density at radius 1 is 1.47 bits per heavy atom. The van der Waals surface area contributed by atoms with Gasteiger partial charge in [-0.1, -0.05) is 6.92 Å². The summed E-state index contributed by atoms with van der Waals surface area (Å²) in [6, 6.07) is 2.69. The molecule has 104 valence electrons. The number of hydrogen-bond acceptors (Lipinski definition) is 5. The molecule has 0 bridgehead atoms. The van der Waals surface area contributed by atoms with Crippen molar-refractivity contribution in [1.82, 2.24) is 20.2 Å². The van der Waals surface area contributed by atoms with Crippen LogP contribution in [0.15, 0.2) is 12.3 Å².